The molecule has 0 fully saturated rings. The lowest BCUT2D eigenvalue weighted by Crippen LogP contribution is -2.21. The second-order valence-corrected chi connectivity index (χ2v) is 16.2. The Bertz CT molecular complexity index is 1050. The molecule has 1 aliphatic carbocycles. The van der Waals surface area contributed by atoms with Crippen molar-refractivity contribution >= 4 is 32.2 Å². The minimum atomic E-state index is -1.51. The van der Waals surface area contributed by atoms with Gasteiger partial charge < -0.3 is 5.11 Å². The first kappa shape index (κ1) is 21.0. The van der Waals surface area contributed by atoms with E-state index in [2.05, 4.69) is 110 Å². The predicted octanol–water partition coefficient (Wildman–Crippen LogP) is 6.19. The summed E-state index contributed by atoms with van der Waals surface area (Å²) in [6, 6.07) is 29.7. The SMILES string of the molecule is CC1(O)C(=C\P(c2ccccc2)c2ccccc2)/C(=C\[Si](C)(C)C)c2ccccc21. The zero-order chi connectivity index (χ0) is 21.4. The average molecular weight is 429 g/mol. The lowest BCUT2D eigenvalue weighted by atomic mass is 9.95. The number of benzene rings is 3. The number of rotatable bonds is 4. The van der Waals surface area contributed by atoms with Crippen LogP contribution >= 0.6 is 7.92 Å². The summed E-state index contributed by atoms with van der Waals surface area (Å²) >= 11 is 0. The Balaban J connectivity index is 1.96. The van der Waals surface area contributed by atoms with E-state index in [4.69, 9.17) is 0 Å². The van der Waals surface area contributed by atoms with Crippen molar-refractivity contribution in [3.8, 4) is 0 Å². The summed E-state index contributed by atoms with van der Waals surface area (Å²) in [5, 5.41) is 14.3. The lowest BCUT2D eigenvalue weighted by molar-refractivity contribution is 0.107. The second kappa shape index (κ2) is 8.11. The van der Waals surface area contributed by atoms with Crippen LogP contribution in [0.1, 0.15) is 18.1 Å². The van der Waals surface area contributed by atoms with Crippen molar-refractivity contribution < 1.29 is 5.11 Å². The number of aliphatic hydroxyl groups is 1. The van der Waals surface area contributed by atoms with E-state index in [0.717, 1.165) is 11.1 Å². The van der Waals surface area contributed by atoms with E-state index in [0.29, 0.717) is 0 Å². The van der Waals surface area contributed by atoms with Crippen molar-refractivity contribution in [2.24, 2.45) is 0 Å². The lowest BCUT2D eigenvalue weighted by Gasteiger charge is -2.24. The van der Waals surface area contributed by atoms with E-state index in [1.54, 1.807) is 0 Å². The zero-order valence-electron chi connectivity index (χ0n) is 18.1. The van der Waals surface area contributed by atoms with Gasteiger partial charge in [-0.25, -0.2) is 0 Å². The van der Waals surface area contributed by atoms with Gasteiger partial charge in [0.1, 0.15) is 5.60 Å². The maximum absolute atomic E-state index is 11.7. The van der Waals surface area contributed by atoms with Gasteiger partial charge in [0.2, 0.25) is 0 Å². The van der Waals surface area contributed by atoms with E-state index in [-0.39, 0.29) is 0 Å². The minimum absolute atomic E-state index is 0.739. The first-order valence-electron chi connectivity index (χ1n) is 10.4. The third-order valence-electron chi connectivity index (χ3n) is 5.46. The summed E-state index contributed by atoms with van der Waals surface area (Å²) < 4.78 is 0. The minimum Gasteiger partial charge on any atom is -0.381 e. The van der Waals surface area contributed by atoms with Crippen molar-refractivity contribution in [2.45, 2.75) is 32.2 Å². The molecular weight excluding hydrogens is 399 g/mol. The number of hydrogen-bond donors (Lipinski definition) is 1. The molecule has 0 aliphatic heterocycles. The normalized spacial score (nSPS) is 21.4. The summed E-state index contributed by atoms with van der Waals surface area (Å²) in [6.07, 6.45) is 0. The maximum atomic E-state index is 11.7. The fourth-order valence-corrected chi connectivity index (χ4v) is 7.49. The molecule has 1 atom stereocenters. The molecule has 0 radical (unpaired) electrons. The fourth-order valence-electron chi connectivity index (χ4n) is 4.08. The molecule has 0 amide bonds. The van der Waals surface area contributed by atoms with Crippen molar-refractivity contribution in [2.75, 3.05) is 0 Å². The van der Waals surface area contributed by atoms with E-state index in [9.17, 15) is 5.11 Å². The van der Waals surface area contributed by atoms with Gasteiger partial charge in [-0.3, -0.25) is 0 Å². The molecule has 0 aromatic heterocycles. The highest BCUT2D eigenvalue weighted by Crippen LogP contribution is 2.52. The summed E-state index contributed by atoms with van der Waals surface area (Å²) in [4.78, 5) is 0. The highest BCUT2D eigenvalue weighted by molar-refractivity contribution is 7.75. The molecule has 0 spiro atoms. The Kier molecular flexibility index (Phi) is 5.68. The molecule has 0 heterocycles. The van der Waals surface area contributed by atoms with E-state index < -0.39 is 21.6 Å². The standard InChI is InChI=1S/C27H29OPSi/c1-27(28)25-18-12-11-17-23(25)24(20-30(2,3)4)26(27)19-29(21-13-7-5-8-14-21)22-15-9-6-10-16-22/h5-20,28H,1-4H3/b24-20-,26-19-. The van der Waals surface area contributed by atoms with Crippen molar-refractivity contribution in [3.05, 3.63) is 113 Å². The number of fused-ring (bicyclic) bond motifs is 1. The Morgan fingerprint density at radius 2 is 1.27 bits per heavy atom. The van der Waals surface area contributed by atoms with Gasteiger partial charge in [0.25, 0.3) is 0 Å². The number of hydrogen-bond acceptors (Lipinski definition) is 1. The van der Waals surface area contributed by atoms with Crippen LogP contribution in [-0.2, 0) is 5.60 Å². The van der Waals surface area contributed by atoms with Gasteiger partial charge in [-0.1, -0.05) is 110 Å². The van der Waals surface area contributed by atoms with Crippen LogP contribution in [0.3, 0.4) is 0 Å². The van der Waals surface area contributed by atoms with Crippen LogP contribution in [0, 0.1) is 0 Å². The van der Waals surface area contributed by atoms with Gasteiger partial charge >= 0.3 is 0 Å². The van der Waals surface area contributed by atoms with Crippen LogP contribution in [-0.4, -0.2) is 13.2 Å². The van der Waals surface area contributed by atoms with E-state index in [1.807, 2.05) is 13.0 Å². The monoisotopic (exact) mass is 428 g/mol. The van der Waals surface area contributed by atoms with Gasteiger partial charge in [0.15, 0.2) is 0 Å². The topological polar surface area (TPSA) is 20.2 Å². The van der Waals surface area contributed by atoms with Crippen molar-refractivity contribution in [3.63, 3.8) is 0 Å². The molecule has 1 unspecified atom stereocenters. The van der Waals surface area contributed by atoms with Gasteiger partial charge in [0, 0.05) is 0 Å². The molecule has 3 heteroatoms. The first-order valence-corrected chi connectivity index (χ1v) is 15.4. The molecule has 3 aromatic carbocycles. The second-order valence-electron chi connectivity index (χ2n) is 9.13. The Hall–Kier alpha value is -2.25. The molecule has 30 heavy (non-hydrogen) atoms. The quantitative estimate of drug-likeness (QED) is 0.388. The summed E-state index contributed by atoms with van der Waals surface area (Å²) in [5.41, 5.74) is 5.90. The molecule has 3 aromatic rings. The van der Waals surface area contributed by atoms with Crippen LogP contribution in [0.2, 0.25) is 19.6 Å². The summed E-state index contributed by atoms with van der Waals surface area (Å²) in [6.45, 7) is 9.01. The third-order valence-corrected chi connectivity index (χ3v) is 8.84. The van der Waals surface area contributed by atoms with Crippen LogP contribution in [0.25, 0.3) is 5.57 Å². The summed E-state index contributed by atoms with van der Waals surface area (Å²) in [5.74, 6) is 2.35. The van der Waals surface area contributed by atoms with Crippen molar-refractivity contribution in [1.82, 2.24) is 0 Å². The Morgan fingerprint density at radius 3 is 1.80 bits per heavy atom. The Morgan fingerprint density at radius 1 is 0.767 bits per heavy atom. The van der Waals surface area contributed by atoms with Crippen LogP contribution in [0.5, 0.6) is 0 Å². The van der Waals surface area contributed by atoms with Gasteiger partial charge in [0.05, 0.1) is 8.07 Å². The zero-order valence-corrected chi connectivity index (χ0v) is 20.0. The Labute approximate surface area is 182 Å². The molecule has 0 saturated carbocycles. The van der Waals surface area contributed by atoms with Crippen molar-refractivity contribution in [1.29, 1.82) is 0 Å². The van der Waals surface area contributed by atoms with Gasteiger partial charge in [-0.15, -0.1) is 0 Å². The molecule has 0 bridgehead atoms. The molecule has 152 valence electrons. The van der Waals surface area contributed by atoms with Crippen LogP contribution < -0.4 is 10.6 Å². The molecular formula is C27H29OPSi. The molecule has 4 rings (SSSR count). The molecule has 0 saturated heterocycles. The third kappa shape index (κ3) is 4.14. The van der Waals surface area contributed by atoms with Gasteiger partial charge in [-0.2, -0.15) is 0 Å². The summed E-state index contributed by atoms with van der Waals surface area (Å²) in [7, 11) is -2.25. The highest BCUT2D eigenvalue weighted by Gasteiger charge is 2.41. The van der Waals surface area contributed by atoms with Crippen LogP contribution in [0.4, 0.5) is 0 Å². The first-order chi connectivity index (χ1) is 14.3. The van der Waals surface area contributed by atoms with Crippen LogP contribution in [0.15, 0.2) is 102 Å². The predicted molar refractivity (Wildman–Crippen MR) is 134 cm³/mol. The molecule has 1 aliphatic rings. The largest absolute Gasteiger partial charge is 0.381 e. The van der Waals surface area contributed by atoms with E-state index >= 15 is 0 Å². The molecule has 1 N–H and O–H groups in total. The smallest absolute Gasteiger partial charge is 0.113 e. The highest BCUT2D eigenvalue weighted by atomic mass is 31.1. The average Bonchev–Trinajstić information content (AvgIpc) is 2.93. The van der Waals surface area contributed by atoms with Gasteiger partial charge in [-0.05, 0) is 53.5 Å². The maximum Gasteiger partial charge on any atom is 0.113 e. The molecule has 1 nitrogen and oxygen atoms in total. The fraction of sp³-hybridized carbons (Fsp3) is 0.185. The van der Waals surface area contributed by atoms with E-state index in [1.165, 1.54) is 21.7 Å².